The number of benzene rings is 1. The highest BCUT2D eigenvalue weighted by Gasteiger charge is 2.12. The summed E-state index contributed by atoms with van der Waals surface area (Å²) >= 11 is 0. The smallest absolute Gasteiger partial charge is 0.0329 e. The largest absolute Gasteiger partial charge is 0.313 e. The molecule has 1 atom stereocenters. The van der Waals surface area contributed by atoms with Crippen LogP contribution in [-0.4, -0.2) is 31.6 Å². The topological polar surface area (TPSA) is 15.3 Å². The Balaban J connectivity index is 2.66. The van der Waals surface area contributed by atoms with Crippen molar-refractivity contribution in [1.29, 1.82) is 0 Å². The molecule has 0 aliphatic rings. The number of hydrogen-bond donors (Lipinski definition) is 1. The first-order valence-electron chi connectivity index (χ1n) is 8.08. The quantitative estimate of drug-likeness (QED) is 0.731. The Kier molecular flexibility index (Phi) is 7.86. The lowest BCUT2D eigenvalue weighted by Gasteiger charge is -2.25. The molecule has 0 heterocycles. The standard InChI is InChI=1S/C18H32N2/c1-6-9-20(10-7-2)11-8-18(19-5)17-13-15(3)12-16(4)14-17/h12-14,18-19H,6-11H2,1-5H3. The molecule has 1 aromatic rings. The Morgan fingerprint density at radius 3 is 1.95 bits per heavy atom. The average molecular weight is 276 g/mol. The van der Waals surface area contributed by atoms with E-state index in [1.165, 1.54) is 55.6 Å². The molecule has 0 bridgehead atoms. The van der Waals surface area contributed by atoms with E-state index in [4.69, 9.17) is 0 Å². The van der Waals surface area contributed by atoms with E-state index in [0.29, 0.717) is 6.04 Å². The molecule has 0 fully saturated rings. The molecule has 114 valence electrons. The van der Waals surface area contributed by atoms with E-state index in [1.807, 2.05) is 0 Å². The average Bonchev–Trinajstić information content (AvgIpc) is 2.38. The van der Waals surface area contributed by atoms with Gasteiger partial charge in [0.05, 0.1) is 0 Å². The van der Waals surface area contributed by atoms with Gasteiger partial charge in [-0.1, -0.05) is 43.2 Å². The van der Waals surface area contributed by atoms with Crippen LogP contribution in [0.25, 0.3) is 0 Å². The van der Waals surface area contributed by atoms with Crippen LogP contribution in [0.1, 0.15) is 55.8 Å². The minimum absolute atomic E-state index is 0.463. The molecule has 0 spiro atoms. The van der Waals surface area contributed by atoms with Gasteiger partial charge in [-0.05, 0) is 65.4 Å². The highest BCUT2D eigenvalue weighted by molar-refractivity contribution is 5.30. The van der Waals surface area contributed by atoms with Crippen molar-refractivity contribution in [3.8, 4) is 0 Å². The maximum absolute atomic E-state index is 3.49. The fraction of sp³-hybridized carbons (Fsp3) is 0.667. The molecule has 1 unspecified atom stereocenters. The van der Waals surface area contributed by atoms with Crippen LogP contribution in [0.3, 0.4) is 0 Å². The van der Waals surface area contributed by atoms with Crippen molar-refractivity contribution in [3.63, 3.8) is 0 Å². The Labute approximate surface area is 125 Å². The van der Waals surface area contributed by atoms with Crippen LogP contribution in [0.15, 0.2) is 18.2 Å². The van der Waals surface area contributed by atoms with Gasteiger partial charge in [-0.15, -0.1) is 0 Å². The summed E-state index contributed by atoms with van der Waals surface area (Å²) in [5.41, 5.74) is 4.15. The molecule has 0 amide bonds. The third-order valence-electron chi connectivity index (χ3n) is 3.81. The first kappa shape index (κ1) is 17.2. The minimum atomic E-state index is 0.463. The number of aryl methyl sites for hydroxylation is 2. The van der Waals surface area contributed by atoms with E-state index in [1.54, 1.807) is 0 Å². The van der Waals surface area contributed by atoms with Crippen LogP contribution in [-0.2, 0) is 0 Å². The number of rotatable bonds is 9. The van der Waals surface area contributed by atoms with E-state index in [0.717, 1.165) is 0 Å². The lowest BCUT2D eigenvalue weighted by molar-refractivity contribution is 0.259. The predicted octanol–water partition coefficient (Wildman–Crippen LogP) is 4.08. The lowest BCUT2D eigenvalue weighted by Crippen LogP contribution is -2.30. The molecule has 1 N–H and O–H groups in total. The fourth-order valence-corrected chi connectivity index (χ4v) is 2.97. The molecule has 0 aliphatic heterocycles. The van der Waals surface area contributed by atoms with E-state index in [9.17, 15) is 0 Å². The van der Waals surface area contributed by atoms with Crippen LogP contribution in [0.5, 0.6) is 0 Å². The van der Waals surface area contributed by atoms with Crippen molar-refractivity contribution in [1.82, 2.24) is 10.2 Å². The maximum atomic E-state index is 3.49. The molecule has 0 saturated carbocycles. The summed E-state index contributed by atoms with van der Waals surface area (Å²) in [6.45, 7) is 12.5. The Morgan fingerprint density at radius 1 is 0.950 bits per heavy atom. The van der Waals surface area contributed by atoms with Gasteiger partial charge in [0.25, 0.3) is 0 Å². The SMILES string of the molecule is CCCN(CCC)CCC(NC)c1cc(C)cc(C)c1. The summed E-state index contributed by atoms with van der Waals surface area (Å²) in [6.07, 6.45) is 3.67. The first-order valence-corrected chi connectivity index (χ1v) is 8.08. The number of nitrogens with zero attached hydrogens (tertiary/aromatic N) is 1. The summed E-state index contributed by atoms with van der Waals surface area (Å²) in [6, 6.07) is 7.34. The zero-order valence-corrected chi connectivity index (χ0v) is 14.0. The van der Waals surface area contributed by atoms with Crippen molar-refractivity contribution in [3.05, 3.63) is 34.9 Å². The Hall–Kier alpha value is -0.860. The van der Waals surface area contributed by atoms with E-state index in [2.05, 4.69) is 63.2 Å². The van der Waals surface area contributed by atoms with Crippen LogP contribution < -0.4 is 5.32 Å². The highest BCUT2D eigenvalue weighted by atomic mass is 15.1. The molecule has 2 heteroatoms. The van der Waals surface area contributed by atoms with Gasteiger partial charge in [-0.2, -0.15) is 0 Å². The molecule has 1 rings (SSSR count). The van der Waals surface area contributed by atoms with E-state index >= 15 is 0 Å². The van der Waals surface area contributed by atoms with Gasteiger partial charge in [0.1, 0.15) is 0 Å². The maximum Gasteiger partial charge on any atom is 0.0329 e. The van der Waals surface area contributed by atoms with Gasteiger partial charge in [0, 0.05) is 6.04 Å². The number of nitrogens with one attached hydrogen (secondary N) is 1. The summed E-state index contributed by atoms with van der Waals surface area (Å²) in [5, 5.41) is 3.49. The summed E-state index contributed by atoms with van der Waals surface area (Å²) in [7, 11) is 2.08. The van der Waals surface area contributed by atoms with Crippen LogP contribution in [0.4, 0.5) is 0 Å². The van der Waals surface area contributed by atoms with Gasteiger partial charge >= 0.3 is 0 Å². The predicted molar refractivity (Wildman–Crippen MR) is 89.4 cm³/mol. The molecule has 20 heavy (non-hydrogen) atoms. The van der Waals surface area contributed by atoms with E-state index in [-0.39, 0.29) is 0 Å². The Bertz CT molecular complexity index is 361. The molecule has 1 aromatic carbocycles. The second kappa shape index (κ2) is 9.15. The highest BCUT2D eigenvalue weighted by Crippen LogP contribution is 2.20. The molecule has 0 saturated heterocycles. The van der Waals surface area contributed by atoms with Crippen LogP contribution in [0.2, 0.25) is 0 Å². The van der Waals surface area contributed by atoms with Crippen molar-refractivity contribution in [2.75, 3.05) is 26.7 Å². The third-order valence-corrected chi connectivity index (χ3v) is 3.81. The molecule has 2 nitrogen and oxygen atoms in total. The van der Waals surface area contributed by atoms with Gasteiger partial charge in [-0.3, -0.25) is 0 Å². The van der Waals surface area contributed by atoms with Crippen LogP contribution in [0, 0.1) is 13.8 Å². The Morgan fingerprint density at radius 2 is 1.50 bits per heavy atom. The zero-order chi connectivity index (χ0) is 15.0. The zero-order valence-electron chi connectivity index (χ0n) is 14.0. The summed E-state index contributed by atoms with van der Waals surface area (Å²) in [4.78, 5) is 2.59. The molecule has 0 aromatic heterocycles. The van der Waals surface area contributed by atoms with Crippen molar-refractivity contribution in [2.45, 2.75) is 53.0 Å². The number of hydrogen-bond acceptors (Lipinski definition) is 2. The normalized spacial score (nSPS) is 12.9. The van der Waals surface area contributed by atoms with Crippen LogP contribution >= 0.6 is 0 Å². The fourth-order valence-electron chi connectivity index (χ4n) is 2.97. The monoisotopic (exact) mass is 276 g/mol. The molecular weight excluding hydrogens is 244 g/mol. The second-order valence-corrected chi connectivity index (χ2v) is 5.89. The van der Waals surface area contributed by atoms with Gasteiger partial charge in [0.15, 0.2) is 0 Å². The third kappa shape index (κ3) is 5.64. The van der Waals surface area contributed by atoms with Gasteiger partial charge in [0.2, 0.25) is 0 Å². The molecule has 0 radical (unpaired) electrons. The van der Waals surface area contributed by atoms with E-state index < -0.39 is 0 Å². The van der Waals surface area contributed by atoms with Gasteiger partial charge in [-0.25, -0.2) is 0 Å². The van der Waals surface area contributed by atoms with Crippen molar-refractivity contribution in [2.24, 2.45) is 0 Å². The molecule has 0 aliphatic carbocycles. The minimum Gasteiger partial charge on any atom is -0.313 e. The van der Waals surface area contributed by atoms with Crippen molar-refractivity contribution >= 4 is 0 Å². The summed E-state index contributed by atoms with van der Waals surface area (Å²) < 4.78 is 0. The first-order chi connectivity index (χ1) is 9.60. The van der Waals surface area contributed by atoms with Crippen molar-refractivity contribution < 1.29 is 0 Å². The molecular formula is C18H32N2. The second-order valence-electron chi connectivity index (χ2n) is 5.89. The van der Waals surface area contributed by atoms with Gasteiger partial charge < -0.3 is 10.2 Å². The summed E-state index contributed by atoms with van der Waals surface area (Å²) in [5.74, 6) is 0. The lowest BCUT2D eigenvalue weighted by atomic mass is 9.99.